The van der Waals surface area contributed by atoms with Crippen LogP contribution in [0, 0.1) is 0 Å². The maximum Gasteiger partial charge on any atom is 0.234 e. The lowest BCUT2D eigenvalue weighted by Crippen LogP contribution is -2.47. The zero-order valence-electron chi connectivity index (χ0n) is 11.2. The standard InChI is InChI=1S/C14H25N3O/c18-14(16-11-4-5-11)10-17(13-6-7-13)9-12-3-1-2-8-15-12/h11-13,15H,1-10H2,(H,16,18). The summed E-state index contributed by atoms with van der Waals surface area (Å²) in [6.07, 6.45) is 8.84. The molecule has 0 aromatic rings. The van der Waals surface area contributed by atoms with Crippen molar-refractivity contribution in [2.45, 2.75) is 63.1 Å². The van der Waals surface area contributed by atoms with Crippen LogP contribution in [-0.4, -0.2) is 48.6 Å². The van der Waals surface area contributed by atoms with Gasteiger partial charge in [0.2, 0.25) is 5.91 Å². The zero-order valence-corrected chi connectivity index (χ0v) is 11.2. The minimum absolute atomic E-state index is 0.236. The van der Waals surface area contributed by atoms with Crippen molar-refractivity contribution >= 4 is 5.91 Å². The average molecular weight is 251 g/mol. The predicted octanol–water partition coefficient (Wildman–Crippen LogP) is 0.872. The fraction of sp³-hybridized carbons (Fsp3) is 0.929. The van der Waals surface area contributed by atoms with Crippen LogP contribution in [0.15, 0.2) is 0 Å². The second kappa shape index (κ2) is 5.57. The minimum Gasteiger partial charge on any atom is -0.352 e. The van der Waals surface area contributed by atoms with Crippen LogP contribution >= 0.6 is 0 Å². The van der Waals surface area contributed by atoms with E-state index in [2.05, 4.69) is 15.5 Å². The van der Waals surface area contributed by atoms with Gasteiger partial charge in [-0.1, -0.05) is 6.42 Å². The highest BCUT2D eigenvalue weighted by atomic mass is 16.2. The van der Waals surface area contributed by atoms with Crippen LogP contribution in [0.4, 0.5) is 0 Å². The van der Waals surface area contributed by atoms with Gasteiger partial charge in [-0.3, -0.25) is 9.69 Å². The summed E-state index contributed by atoms with van der Waals surface area (Å²) in [5.74, 6) is 0.236. The molecule has 2 aliphatic carbocycles. The Labute approximate surface area is 109 Å². The molecule has 1 saturated heterocycles. The lowest BCUT2D eigenvalue weighted by molar-refractivity contribution is -0.122. The van der Waals surface area contributed by atoms with E-state index in [9.17, 15) is 4.79 Å². The molecule has 102 valence electrons. The molecule has 1 unspecified atom stereocenters. The fourth-order valence-electron chi connectivity index (χ4n) is 2.83. The van der Waals surface area contributed by atoms with Crippen molar-refractivity contribution in [1.29, 1.82) is 0 Å². The maximum atomic E-state index is 11.9. The van der Waals surface area contributed by atoms with Crippen molar-refractivity contribution < 1.29 is 4.79 Å². The van der Waals surface area contributed by atoms with Crippen LogP contribution in [-0.2, 0) is 4.79 Å². The summed E-state index contributed by atoms with van der Waals surface area (Å²) in [6.45, 7) is 2.82. The van der Waals surface area contributed by atoms with E-state index in [4.69, 9.17) is 0 Å². The molecule has 0 bridgehead atoms. The fourth-order valence-corrected chi connectivity index (χ4v) is 2.83. The third-order valence-electron chi connectivity index (χ3n) is 4.22. The van der Waals surface area contributed by atoms with E-state index in [0.29, 0.717) is 24.7 Å². The zero-order chi connectivity index (χ0) is 12.4. The van der Waals surface area contributed by atoms with Crippen LogP contribution in [0.5, 0.6) is 0 Å². The number of rotatable bonds is 6. The summed E-state index contributed by atoms with van der Waals surface area (Å²) in [7, 11) is 0. The first kappa shape index (κ1) is 12.4. The van der Waals surface area contributed by atoms with Gasteiger partial charge in [0.15, 0.2) is 0 Å². The SMILES string of the molecule is O=C(CN(CC1CCCCN1)C1CC1)NC1CC1. The Hall–Kier alpha value is -0.610. The van der Waals surface area contributed by atoms with Gasteiger partial charge in [0.1, 0.15) is 0 Å². The van der Waals surface area contributed by atoms with E-state index in [1.54, 1.807) is 0 Å². The number of hydrogen-bond donors (Lipinski definition) is 2. The van der Waals surface area contributed by atoms with Gasteiger partial charge in [-0.05, 0) is 45.1 Å². The van der Waals surface area contributed by atoms with E-state index in [1.165, 1.54) is 44.9 Å². The Morgan fingerprint density at radius 1 is 1.17 bits per heavy atom. The third kappa shape index (κ3) is 3.69. The first-order valence-corrected chi connectivity index (χ1v) is 7.58. The monoisotopic (exact) mass is 251 g/mol. The average Bonchev–Trinajstić information content (AvgIpc) is 3.24. The summed E-state index contributed by atoms with van der Waals surface area (Å²) in [5.41, 5.74) is 0. The molecule has 4 heteroatoms. The van der Waals surface area contributed by atoms with E-state index in [1.807, 2.05) is 0 Å². The van der Waals surface area contributed by atoms with Crippen molar-refractivity contribution in [2.24, 2.45) is 0 Å². The molecule has 0 spiro atoms. The first-order chi connectivity index (χ1) is 8.81. The molecule has 4 nitrogen and oxygen atoms in total. The molecule has 0 radical (unpaired) electrons. The molecule has 1 heterocycles. The number of carbonyl (C=O) groups excluding carboxylic acids is 1. The molecule has 18 heavy (non-hydrogen) atoms. The summed E-state index contributed by atoms with van der Waals surface area (Å²) >= 11 is 0. The normalized spacial score (nSPS) is 28.4. The van der Waals surface area contributed by atoms with Crippen LogP contribution < -0.4 is 10.6 Å². The van der Waals surface area contributed by atoms with E-state index in [0.717, 1.165) is 13.1 Å². The second-order valence-electron chi connectivity index (χ2n) is 6.15. The second-order valence-corrected chi connectivity index (χ2v) is 6.15. The maximum absolute atomic E-state index is 11.9. The largest absolute Gasteiger partial charge is 0.352 e. The number of nitrogens with one attached hydrogen (secondary N) is 2. The number of piperidine rings is 1. The van der Waals surface area contributed by atoms with Crippen LogP contribution in [0.1, 0.15) is 44.9 Å². The number of carbonyl (C=O) groups is 1. The van der Waals surface area contributed by atoms with Gasteiger partial charge < -0.3 is 10.6 Å². The van der Waals surface area contributed by atoms with Crippen molar-refractivity contribution in [3.63, 3.8) is 0 Å². The third-order valence-corrected chi connectivity index (χ3v) is 4.22. The molecule has 3 aliphatic rings. The number of hydrogen-bond acceptors (Lipinski definition) is 3. The van der Waals surface area contributed by atoms with Crippen molar-refractivity contribution in [3.05, 3.63) is 0 Å². The van der Waals surface area contributed by atoms with Gasteiger partial charge in [0.05, 0.1) is 6.54 Å². The van der Waals surface area contributed by atoms with Crippen LogP contribution in [0.25, 0.3) is 0 Å². The highest BCUT2D eigenvalue weighted by molar-refractivity contribution is 5.78. The molecule has 2 N–H and O–H groups in total. The van der Waals surface area contributed by atoms with Crippen LogP contribution in [0.2, 0.25) is 0 Å². The molecule has 1 atom stereocenters. The van der Waals surface area contributed by atoms with Crippen molar-refractivity contribution in [3.8, 4) is 0 Å². The molecule has 0 aromatic carbocycles. The Bertz CT molecular complexity index is 293. The van der Waals surface area contributed by atoms with Gasteiger partial charge in [0.25, 0.3) is 0 Å². The molecular formula is C14H25N3O. The lowest BCUT2D eigenvalue weighted by atomic mass is 10.0. The Balaban J connectivity index is 1.46. The Morgan fingerprint density at radius 3 is 2.61 bits per heavy atom. The van der Waals surface area contributed by atoms with E-state index in [-0.39, 0.29) is 5.91 Å². The Morgan fingerprint density at radius 2 is 2.00 bits per heavy atom. The molecular weight excluding hydrogens is 226 g/mol. The lowest BCUT2D eigenvalue weighted by Gasteiger charge is -2.30. The molecule has 1 aliphatic heterocycles. The predicted molar refractivity (Wildman–Crippen MR) is 71.4 cm³/mol. The Kier molecular flexibility index (Phi) is 3.85. The van der Waals surface area contributed by atoms with Gasteiger partial charge in [-0.15, -0.1) is 0 Å². The van der Waals surface area contributed by atoms with Gasteiger partial charge >= 0.3 is 0 Å². The highest BCUT2D eigenvalue weighted by Gasteiger charge is 2.33. The van der Waals surface area contributed by atoms with Crippen molar-refractivity contribution in [2.75, 3.05) is 19.6 Å². The summed E-state index contributed by atoms with van der Waals surface area (Å²) in [4.78, 5) is 14.3. The molecule has 3 fully saturated rings. The first-order valence-electron chi connectivity index (χ1n) is 7.58. The molecule has 3 rings (SSSR count). The summed E-state index contributed by atoms with van der Waals surface area (Å²) in [5, 5.41) is 6.69. The quantitative estimate of drug-likeness (QED) is 0.736. The van der Waals surface area contributed by atoms with E-state index < -0.39 is 0 Å². The molecule has 1 amide bonds. The number of nitrogens with zero attached hydrogens (tertiary/aromatic N) is 1. The highest BCUT2D eigenvalue weighted by Crippen LogP contribution is 2.27. The summed E-state index contributed by atoms with van der Waals surface area (Å²) in [6, 6.07) is 1.78. The summed E-state index contributed by atoms with van der Waals surface area (Å²) < 4.78 is 0. The number of amides is 1. The molecule has 0 aromatic heterocycles. The van der Waals surface area contributed by atoms with Crippen LogP contribution in [0.3, 0.4) is 0 Å². The molecule has 2 saturated carbocycles. The van der Waals surface area contributed by atoms with Crippen molar-refractivity contribution in [1.82, 2.24) is 15.5 Å². The minimum atomic E-state index is 0.236. The van der Waals surface area contributed by atoms with Gasteiger partial charge in [-0.25, -0.2) is 0 Å². The van der Waals surface area contributed by atoms with Gasteiger partial charge in [0, 0.05) is 24.7 Å². The van der Waals surface area contributed by atoms with Gasteiger partial charge in [-0.2, -0.15) is 0 Å². The smallest absolute Gasteiger partial charge is 0.234 e. The van der Waals surface area contributed by atoms with E-state index >= 15 is 0 Å². The topological polar surface area (TPSA) is 44.4 Å².